The summed E-state index contributed by atoms with van der Waals surface area (Å²) in [6.07, 6.45) is 1.61. The lowest BCUT2D eigenvalue weighted by atomic mass is 10.3. The van der Waals surface area contributed by atoms with Crippen molar-refractivity contribution in [3.8, 4) is 0 Å². The molecule has 0 bridgehead atoms. The first kappa shape index (κ1) is 14.4. The van der Waals surface area contributed by atoms with Crippen molar-refractivity contribution >= 4 is 29.1 Å². The van der Waals surface area contributed by atoms with Crippen LogP contribution in [0.3, 0.4) is 0 Å². The Hall–Kier alpha value is -0.680. The highest BCUT2D eigenvalue weighted by Crippen LogP contribution is 2.17. The second-order valence-electron chi connectivity index (χ2n) is 3.70. The first-order valence-corrected chi connectivity index (χ1v) is 7.23. The van der Waals surface area contributed by atoms with Gasteiger partial charge in [-0.05, 0) is 19.6 Å². The summed E-state index contributed by atoms with van der Waals surface area (Å²) >= 11 is 7.86. The number of thioether (sulfide) groups is 1. The second-order valence-corrected chi connectivity index (χ2v) is 5.39. The van der Waals surface area contributed by atoms with E-state index in [1.165, 1.54) is 4.68 Å². The number of anilines is 1. The molecule has 1 aromatic heterocycles. The van der Waals surface area contributed by atoms with Crippen LogP contribution < -0.4 is 10.9 Å². The van der Waals surface area contributed by atoms with Crippen molar-refractivity contribution in [2.24, 2.45) is 0 Å². The van der Waals surface area contributed by atoms with Gasteiger partial charge in [0, 0.05) is 18.3 Å². The summed E-state index contributed by atoms with van der Waals surface area (Å²) < 4.78 is 1.35. The van der Waals surface area contributed by atoms with Crippen LogP contribution in [0.25, 0.3) is 0 Å². The SMILES string of the molecule is CCSCC(C)Nc1cnn(CC)c(=O)c1Cl. The Balaban J connectivity index is 2.79. The Morgan fingerprint density at radius 2 is 2.29 bits per heavy atom. The van der Waals surface area contributed by atoms with Crippen molar-refractivity contribution in [1.82, 2.24) is 9.78 Å². The molecule has 0 spiro atoms. The van der Waals surface area contributed by atoms with E-state index in [0.717, 1.165) is 11.5 Å². The molecule has 0 amide bonds. The molecule has 0 radical (unpaired) electrons. The monoisotopic (exact) mass is 275 g/mol. The van der Waals surface area contributed by atoms with Crippen molar-refractivity contribution in [3.63, 3.8) is 0 Å². The van der Waals surface area contributed by atoms with Crippen molar-refractivity contribution < 1.29 is 0 Å². The highest BCUT2D eigenvalue weighted by molar-refractivity contribution is 7.99. The lowest BCUT2D eigenvalue weighted by molar-refractivity contribution is 0.616. The third kappa shape index (κ3) is 3.92. The van der Waals surface area contributed by atoms with Gasteiger partial charge in [-0.25, -0.2) is 4.68 Å². The molecule has 0 aliphatic carbocycles. The molecule has 0 fully saturated rings. The number of aryl methyl sites for hydroxylation is 1. The lowest BCUT2D eigenvalue weighted by Gasteiger charge is -2.15. The maximum Gasteiger partial charge on any atom is 0.287 e. The molecule has 0 aliphatic rings. The Morgan fingerprint density at radius 3 is 2.88 bits per heavy atom. The molecule has 0 aromatic carbocycles. The van der Waals surface area contributed by atoms with Gasteiger partial charge >= 0.3 is 0 Å². The Kier molecular flexibility index (Phi) is 5.85. The minimum Gasteiger partial charge on any atom is -0.379 e. The zero-order valence-electron chi connectivity index (χ0n) is 10.4. The zero-order chi connectivity index (χ0) is 12.8. The highest BCUT2D eigenvalue weighted by atomic mass is 35.5. The quantitative estimate of drug-likeness (QED) is 0.866. The number of aromatic nitrogens is 2. The van der Waals surface area contributed by atoms with Crippen LogP contribution in [0.2, 0.25) is 5.02 Å². The lowest BCUT2D eigenvalue weighted by Crippen LogP contribution is -2.26. The van der Waals surface area contributed by atoms with E-state index in [2.05, 4.69) is 24.3 Å². The van der Waals surface area contributed by atoms with Crippen molar-refractivity contribution in [3.05, 3.63) is 21.6 Å². The number of nitrogens with one attached hydrogen (secondary N) is 1. The van der Waals surface area contributed by atoms with Gasteiger partial charge in [0.25, 0.3) is 5.56 Å². The van der Waals surface area contributed by atoms with Gasteiger partial charge in [-0.15, -0.1) is 0 Å². The van der Waals surface area contributed by atoms with Crippen LogP contribution in [0.1, 0.15) is 20.8 Å². The summed E-state index contributed by atoms with van der Waals surface area (Å²) in [7, 11) is 0. The highest BCUT2D eigenvalue weighted by Gasteiger charge is 2.10. The predicted octanol–water partition coefficient (Wildman–Crippen LogP) is 2.47. The molecule has 1 unspecified atom stereocenters. The van der Waals surface area contributed by atoms with Gasteiger partial charge in [0.1, 0.15) is 5.02 Å². The molecule has 96 valence electrons. The molecule has 6 heteroatoms. The van der Waals surface area contributed by atoms with Crippen LogP contribution in [-0.2, 0) is 6.54 Å². The minimum absolute atomic E-state index is 0.218. The van der Waals surface area contributed by atoms with Gasteiger partial charge in [0.15, 0.2) is 0 Å². The summed E-state index contributed by atoms with van der Waals surface area (Å²) in [5.74, 6) is 2.05. The predicted molar refractivity (Wildman–Crippen MR) is 75.3 cm³/mol. The summed E-state index contributed by atoms with van der Waals surface area (Å²) in [4.78, 5) is 11.7. The standard InChI is InChI=1S/C11H18ClN3OS/c1-4-15-11(16)10(12)9(6-13-15)14-8(3)7-17-5-2/h6,8,14H,4-5,7H2,1-3H3. The fraction of sp³-hybridized carbons (Fsp3) is 0.636. The van der Waals surface area contributed by atoms with E-state index in [4.69, 9.17) is 11.6 Å². The van der Waals surface area contributed by atoms with Crippen molar-refractivity contribution in [1.29, 1.82) is 0 Å². The first-order valence-electron chi connectivity index (χ1n) is 5.70. The van der Waals surface area contributed by atoms with E-state index in [1.54, 1.807) is 6.20 Å². The number of halogens is 1. The van der Waals surface area contributed by atoms with Crippen molar-refractivity contribution in [2.45, 2.75) is 33.4 Å². The topological polar surface area (TPSA) is 46.9 Å². The van der Waals surface area contributed by atoms with E-state index >= 15 is 0 Å². The number of hydrogen-bond donors (Lipinski definition) is 1. The van der Waals surface area contributed by atoms with Gasteiger partial charge in [-0.3, -0.25) is 4.79 Å². The first-order chi connectivity index (χ1) is 8.10. The maximum atomic E-state index is 11.7. The largest absolute Gasteiger partial charge is 0.379 e. The molecule has 4 nitrogen and oxygen atoms in total. The van der Waals surface area contributed by atoms with Gasteiger partial charge in [-0.1, -0.05) is 18.5 Å². The number of rotatable bonds is 6. The Morgan fingerprint density at radius 1 is 1.59 bits per heavy atom. The summed E-state index contributed by atoms with van der Waals surface area (Å²) in [6, 6.07) is 0.260. The van der Waals surface area contributed by atoms with Crippen LogP contribution in [0.4, 0.5) is 5.69 Å². The molecule has 0 saturated heterocycles. The average molecular weight is 276 g/mol. The van der Waals surface area contributed by atoms with E-state index in [1.807, 2.05) is 18.7 Å². The molecular formula is C11H18ClN3OS. The van der Waals surface area contributed by atoms with Crippen LogP contribution in [0.5, 0.6) is 0 Å². The molecule has 1 rings (SSSR count). The van der Waals surface area contributed by atoms with Crippen LogP contribution >= 0.6 is 23.4 Å². The van der Waals surface area contributed by atoms with Gasteiger partial charge in [0.2, 0.25) is 0 Å². The molecule has 1 N–H and O–H groups in total. The third-order valence-electron chi connectivity index (χ3n) is 2.26. The minimum atomic E-state index is -0.241. The fourth-order valence-corrected chi connectivity index (χ4v) is 2.27. The maximum absolute atomic E-state index is 11.7. The molecule has 0 aliphatic heterocycles. The Labute approximate surface area is 111 Å². The molecule has 1 aromatic rings. The fourth-order valence-electron chi connectivity index (χ4n) is 1.39. The smallest absolute Gasteiger partial charge is 0.287 e. The van der Waals surface area contributed by atoms with E-state index in [0.29, 0.717) is 12.2 Å². The number of nitrogens with zero attached hydrogens (tertiary/aromatic N) is 2. The summed E-state index contributed by atoms with van der Waals surface area (Å²) in [6.45, 7) is 6.57. The van der Waals surface area contributed by atoms with E-state index in [9.17, 15) is 4.79 Å². The zero-order valence-corrected chi connectivity index (χ0v) is 11.9. The van der Waals surface area contributed by atoms with Gasteiger partial charge in [0.05, 0.1) is 11.9 Å². The average Bonchev–Trinajstić information content (AvgIpc) is 2.33. The van der Waals surface area contributed by atoms with Crippen LogP contribution in [0, 0.1) is 0 Å². The van der Waals surface area contributed by atoms with Crippen molar-refractivity contribution in [2.75, 3.05) is 16.8 Å². The van der Waals surface area contributed by atoms with Crippen LogP contribution in [0.15, 0.2) is 11.0 Å². The summed E-state index contributed by atoms with van der Waals surface area (Å²) in [5, 5.41) is 7.47. The van der Waals surface area contributed by atoms with Gasteiger partial charge < -0.3 is 5.32 Å². The molecule has 1 atom stereocenters. The third-order valence-corrected chi connectivity index (χ3v) is 3.77. The normalized spacial score (nSPS) is 12.5. The number of hydrogen-bond acceptors (Lipinski definition) is 4. The molecule has 1 heterocycles. The second kappa shape index (κ2) is 6.91. The van der Waals surface area contributed by atoms with Gasteiger partial charge in [-0.2, -0.15) is 16.9 Å². The van der Waals surface area contributed by atoms with Crippen LogP contribution in [-0.4, -0.2) is 27.3 Å². The molecular weight excluding hydrogens is 258 g/mol. The molecule has 0 saturated carbocycles. The van der Waals surface area contributed by atoms with E-state index < -0.39 is 0 Å². The Bertz CT molecular complexity index is 422. The summed E-state index contributed by atoms with van der Waals surface area (Å²) in [5.41, 5.74) is 0.375. The molecule has 17 heavy (non-hydrogen) atoms. The van der Waals surface area contributed by atoms with E-state index in [-0.39, 0.29) is 16.6 Å².